The SMILES string of the molecule is CC(=O)c1cn(C(C)C(C)C)c2ncc(-c3cnc(C)nc3)cc12. The number of hydrogen-bond donors (Lipinski definition) is 0. The van der Waals surface area contributed by atoms with Gasteiger partial charge < -0.3 is 4.57 Å². The van der Waals surface area contributed by atoms with Gasteiger partial charge in [-0.15, -0.1) is 0 Å². The van der Waals surface area contributed by atoms with E-state index < -0.39 is 0 Å². The van der Waals surface area contributed by atoms with Gasteiger partial charge in [0.1, 0.15) is 11.5 Å². The predicted octanol–water partition coefficient (Wildman–Crippen LogP) is 4.22. The van der Waals surface area contributed by atoms with Crippen molar-refractivity contribution in [2.75, 3.05) is 0 Å². The van der Waals surface area contributed by atoms with Crippen LogP contribution in [0.3, 0.4) is 0 Å². The Hall–Kier alpha value is -2.56. The van der Waals surface area contributed by atoms with Crippen molar-refractivity contribution < 1.29 is 4.79 Å². The van der Waals surface area contributed by atoms with Crippen LogP contribution in [-0.2, 0) is 0 Å². The van der Waals surface area contributed by atoms with E-state index in [1.807, 2.05) is 25.4 Å². The molecule has 1 atom stereocenters. The van der Waals surface area contributed by atoms with Crippen molar-refractivity contribution in [2.45, 2.75) is 40.7 Å². The van der Waals surface area contributed by atoms with Gasteiger partial charge in [0.05, 0.1) is 0 Å². The Morgan fingerprint density at radius 3 is 2.25 bits per heavy atom. The normalized spacial score (nSPS) is 12.8. The van der Waals surface area contributed by atoms with Crippen LogP contribution in [0.4, 0.5) is 0 Å². The summed E-state index contributed by atoms with van der Waals surface area (Å²) in [6, 6.07) is 2.28. The molecule has 0 spiro atoms. The van der Waals surface area contributed by atoms with Crippen LogP contribution in [0.2, 0.25) is 0 Å². The Labute approximate surface area is 141 Å². The van der Waals surface area contributed by atoms with Gasteiger partial charge in [-0.2, -0.15) is 0 Å². The zero-order valence-electron chi connectivity index (χ0n) is 14.7. The second kappa shape index (κ2) is 6.15. The fourth-order valence-electron chi connectivity index (χ4n) is 2.74. The number of hydrogen-bond acceptors (Lipinski definition) is 4. The van der Waals surface area contributed by atoms with Crippen LogP contribution in [0.1, 0.15) is 49.9 Å². The van der Waals surface area contributed by atoms with Crippen molar-refractivity contribution in [1.29, 1.82) is 0 Å². The first kappa shape index (κ1) is 16.3. The summed E-state index contributed by atoms with van der Waals surface area (Å²) >= 11 is 0. The van der Waals surface area contributed by atoms with Crippen LogP contribution in [0.25, 0.3) is 22.2 Å². The molecule has 0 aromatic carbocycles. The molecule has 3 aromatic heterocycles. The molecule has 0 aliphatic carbocycles. The maximum atomic E-state index is 12.1. The molecule has 24 heavy (non-hydrogen) atoms. The number of carbonyl (C=O) groups is 1. The Morgan fingerprint density at radius 1 is 1.04 bits per heavy atom. The second-order valence-electron chi connectivity index (χ2n) is 6.60. The van der Waals surface area contributed by atoms with Crippen molar-refractivity contribution in [3.05, 3.63) is 42.2 Å². The number of aromatic nitrogens is 4. The Kier molecular flexibility index (Phi) is 4.18. The van der Waals surface area contributed by atoms with Crippen LogP contribution < -0.4 is 0 Å². The summed E-state index contributed by atoms with van der Waals surface area (Å²) in [4.78, 5) is 25.2. The van der Waals surface area contributed by atoms with Gasteiger partial charge in [0.15, 0.2) is 5.78 Å². The summed E-state index contributed by atoms with van der Waals surface area (Å²) in [6.45, 7) is 9.94. The maximum absolute atomic E-state index is 12.1. The van der Waals surface area contributed by atoms with Gasteiger partial charge in [0.2, 0.25) is 0 Å². The number of ketones is 1. The molecule has 0 saturated heterocycles. The standard InChI is InChI=1S/C19H22N4O/c1-11(2)12(3)23-10-18(13(4)24)17-6-15(7-22-19(17)23)16-8-20-14(5)21-9-16/h6-12H,1-5H3. The maximum Gasteiger partial charge on any atom is 0.162 e. The number of nitrogens with zero attached hydrogens (tertiary/aromatic N) is 4. The van der Waals surface area contributed by atoms with Gasteiger partial charge >= 0.3 is 0 Å². The van der Waals surface area contributed by atoms with E-state index >= 15 is 0 Å². The smallest absolute Gasteiger partial charge is 0.162 e. The van der Waals surface area contributed by atoms with Gasteiger partial charge in [0, 0.05) is 52.9 Å². The van der Waals surface area contributed by atoms with Crippen LogP contribution in [0.5, 0.6) is 0 Å². The molecule has 0 bridgehead atoms. The fourth-order valence-corrected chi connectivity index (χ4v) is 2.74. The summed E-state index contributed by atoms with van der Waals surface area (Å²) < 4.78 is 2.10. The van der Waals surface area contributed by atoms with Gasteiger partial charge in [-0.1, -0.05) is 13.8 Å². The number of rotatable bonds is 4. The fraction of sp³-hybridized carbons (Fsp3) is 0.368. The molecule has 0 radical (unpaired) electrons. The minimum Gasteiger partial charge on any atom is -0.329 e. The molecule has 0 amide bonds. The minimum atomic E-state index is 0.0498. The Bertz CT molecular complexity index is 894. The van der Waals surface area contributed by atoms with Gasteiger partial charge in [-0.3, -0.25) is 4.79 Å². The number of fused-ring (bicyclic) bond motifs is 1. The lowest BCUT2D eigenvalue weighted by molar-refractivity contribution is 0.101. The third kappa shape index (κ3) is 2.82. The van der Waals surface area contributed by atoms with Crippen molar-refractivity contribution >= 4 is 16.8 Å². The van der Waals surface area contributed by atoms with E-state index in [9.17, 15) is 4.79 Å². The largest absolute Gasteiger partial charge is 0.329 e. The highest BCUT2D eigenvalue weighted by Gasteiger charge is 2.19. The molecule has 0 saturated carbocycles. The average Bonchev–Trinajstić information content (AvgIpc) is 2.93. The third-order valence-electron chi connectivity index (χ3n) is 4.57. The van der Waals surface area contributed by atoms with Crippen LogP contribution in [-0.4, -0.2) is 25.3 Å². The van der Waals surface area contributed by atoms with Crippen molar-refractivity contribution in [1.82, 2.24) is 19.5 Å². The zero-order valence-corrected chi connectivity index (χ0v) is 14.7. The quantitative estimate of drug-likeness (QED) is 0.675. The lowest BCUT2D eigenvalue weighted by atomic mass is 10.1. The summed E-state index contributed by atoms with van der Waals surface area (Å²) in [7, 11) is 0. The highest BCUT2D eigenvalue weighted by molar-refractivity contribution is 6.07. The molecule has 0 N–H and O–H groups in total. The third-order valence-corrected chi connectivity index (χ3v) is 4.57. The molecule has 5 heteroatoms. The monoisotopic (exact) mass is 322 g/mol. The molecule has 5 nitrogen and oxygen atoms in total. The first-order valence-corrected chi connectivity index (χ1v) is 8.19. The molecular formula is C19H22N4O. The van der Waals surface area contributed by atoms with Crippen molar-refractivity contribution in [3.8, 4) is 11.1 Å². The predicted molar refractivity (Wildman–Crippen MR) is 95.0 cm³/mol. The molecule has 1 unspecified atom stereocenters. The first-order chi connectivity index (χ1) is 11.4. The zero-order chi connectivity index (χ0) is 17.4. The number of carbonyl (C=O) groups excluding carboxylic acids is 1. The van der Waals surface area contributed by atoms with Crippen LogP contribution in [0.15, 0.2) is 30.9 Å². The molecule has 124 valence electrons. The molecule has 0 fully saturated rings. The highest BCUT2D eigenvalue weighted by atomic mass is 16.1. The molecule has 0 aliphatic rings. The van der Waals surface area contributed by atoms with Gasteiger partial charge in [-0.25, -0.2) is 15.0 Å². The van der Waals surface area contributed by atoms with E-state index in [0.29, 0.717) is 11.5 Å². The van der Waals surface area contributed by atoms with E-state index in [0.717, 1.165) is 28.0 Å². The molecule has 0 aliphatic heterocycles. The van der Waals surface area contributed by atoms with Gasteiger partial charge in [-0.05, 0) is 32.8 Å². The van der Waals surface area contributed by atoms with Crippen molar-refractivity contribution in [2.24, 2.45) is 5.92 Å². The lowest BCUT2D eigenvalue weighted by Crippen LogP contribution is -2.10. The molecule has 3 rings (SSSR count). The molecule has 3 aromatic rings. The van der Waals surface area contributed by atoms with Crippen LogP contribution >= 0.6 is 0 Å². The first-order valence-electron chi connectivity index (χ1n) is 8.19. The Morgan fingerprint density at radius 2 is 1.67 bits per heavy atom. The topological polar surface area (TPSA) is 60.7 Å². The summed E-state index contributed by atoms with van der Waals surface area (Å²) in [6.07, 6.45) is 7.32. The number of Topliss-reactive ketones (excluding diaryl/α,β-unsaturated/α-hetero) is 1. The lowest BCUT2D eigenvalue weighted by Gasteiger charge is -2.18. The van der Waals surface area contributed by atoms with Gasteiger partial charge in [0.25, 0.3) is 0 Å². The highest BCUT2D eigenvalue weighted by Crippen LogP contribution is 2.30. The van der Waals surface area contributed by atoms with E-state index in [2.05, 4.69) is 40.3 Å². The summed E-state index contributed by atoms with van der Waals surface area (Å²) in [5, 5.41) is 0.882. The molecular weight excluding hydrogens is 300 g/mol. The van der Waals surface area contributed by atoms with Crippen molar-refractivity contribution in [3.63, 3.8) is 0 Å². The summed E-state index contributed by atoms with van der Waals surface area (Å²) in [5.41, 5.74) is 3.37. The van der Waals surface area contributed by atoms with E-state index in [4.69, 9.17) is 0 Å². The van der Waals surface area contributed by atoms with E-state index in [-0.39, 0.29) is 11.8 Å². The van der Waals surface area contributed by atoms with Crippen LogP contribution in [0, 0.1) is 12.8 Å². The average molecular weight is 322 g/mol. The summed E-state index contributed by atoms with van der Waals surface area (Å²) in [5.74, 6) is 1.23. The number of aryl methyl sites for hydroxylation is 1. The minimum absolute atomic E-state index is 0.0498. The van der Waals surface area contributed by atoms with E-state index in [1.165, 1.54) is 0 Å². The molecule has 3 heterocycles. The second-order valence-corrected chi connectivity index (χ2v) is 6.60. The number of pyridine rings is 1. The van der Waals surface area contributed by atoms with E-state index in [1.54, 1.807) is 19.3 Å². The Balaban J connectivity index is 2.20.